The molecular formula is C22H24N4O3S2. The van der Waals surface area contributed by atoms with E-state index in [-0.39, 0.29) is 22.6 Å². The molecule has 0 bridgehead atoms. The van der Waals surface area contributed by atoms with E-state index in [4.69, 9.17) is 5.14 Å². The summed E-state index contributed by atoms with van der Waals surface area (Å²) in [4.78, 5) is 19.3. The molecule has 0 aliphatic carbocycles. The van der Waals surface area contributed by atoms with Crippen molar-refractivity contribution in [2.75, 3.05) is 10.7 Å². The third-order valence-electron chi connectivity index (χ3n) is 5.42. The molecule has 2 N–H and O–H groups in total. The van der Waals surface area contributed by atoms with Crippen LogP contribution in [0.4, 0.5) is 5.69 Å². The highest BCUT2D eigenvalue weighted by Crippen LogP contribution is 2.34. The van der Waals surface area contributed by atoms with Gasteiger partial charge >= 0.3 is 0 Å². The summed E-state index contributed by atoms with van der Waals surface area (Å²) in [5, 5.41) is 5.99. The van der Waals surface area contributed by atoms with Crippen molar-refractivity contribution in [3.05, 3.63) is 65.5 Å². The number of anilines is 1. The number of nitrogens with zero attached hydrogens (tertiary/aromatic N) is 3. The molecule has 1 atom stereocenters. The van der Waals surface area contributed by atoms with E-state index in [2.05, 4.69) is 23.2 Å². The maximum atomic E-state index is 13.1. The molecule has 0 radical (unpaired) electrons. The molecule has 3 aromatic rings. The van der Waals surface area contributed by atoms with Gasteiger partial charge in [0, 0.05) is 24.1 Å². The standard InChI is InChI=1S/C22H24N4O3S2/c1-14-4-5-15(2)20(10-14)25-9-8-24-22(25)30-13-21(27)26-16(3)11-17-12-18(31(23,28)29)6-7-19(17)26/h4-10,12,16H,11,13H2,1-3H3,(H2,23,28,29). The number of hydrogen-bond donors (Lipinski definition) is 1. The lowest BCUT2D eigenvalue weighted by atomic mass is 10.1. The van der Waals surface area contributed by atoms with Gasteiger partial charge in [-0.25, -0.2) is 18.5 Å². The van der Waals surface area contributed by atoms with Gasteiger partial charge in [-0.1, -0.05) is 23.9 Å². The van der Waals surface area contributed by atoms with Crippen molar-refractivity contribution in [1.82, 2.24) is 9.55 Å². The summed E-state index contributed by atoms with van der Waals surface area (Å²) in [6, 6.07) is 10.9. The van der Waals surface area contributed by atoms with Gasteiger partial charge in [-0.2, -0.15) is 0 Å². The van der Waals surface area contributed by atoms with Gasteiger partial charge in [-0.3, -0.25) is 9.36 Å². The van der Waals surface area contributed by atoms with E-state index in [1.165, 1.54) is 17.8 Å². The fourth-order valence-electron chi connectivity index (χ4n) is 3.92. The minimum Gasteiger partial charge on any atom is -0.308 e. The summed E-state index contributed by atoms with van der Waals surface area (Å²) in [6.45, 7) is 6.05. The number of carbonyl (C=O) groups is 1. The number of benzene rings is 2. The average molecular weight is 457 g/mol. The van der Waals surface area contributed by atoms with Crippen molar-refractivity contribution in [1.29, 1.82) is 0 Å². The van der Waals surface area contributed by atoms with Crippen LogP contribution in [0.25, 0.3) is 5.69 Å². The largest absolute Gasteiger partial charge is 0.308 e. The second-order valence-corrected chi connectivity index (χ2v) is 10.3. The molecular weight excluding hydrogens is 432 g/mol. The van der Waals surface area contributed by atoms with Gasteiger partial charge in [0.05, 0.1) is 16.3 Å². The van der Waals surface area contributed by atoms with E-state index in [1.54, 1.807) is 23.2 Å². The molecule has 0 spiro atoms. The van der Waals surface area contributed by atoms with Crippen molar-refractivity contribution in [2.24, 2.45) is 5.14 Å². The Kier molecular flexibility index (Phi) is 5.67. The molecule has 2 heterocycles. The number of hydrogen-bond acceptors (Lipinski definition) is 5. The van der Waals surface area contributed by atoms with Crippen molar-refractivity contribution >= 4 is 33.4 Å². The van der Waals surface area contributed by atoms with Crippen LogP contribution in [0.15, 0.2) is 58.8 Å². The highest BCUT2D eigenvalue weighted by molar-refractivity contribution is 7.99. The number of amides is 1. The minimum atomic E-state index is -3.78. The number of fused-ring (bicyclic) bond motifs is 1. The molecule has 9 heteroatoms. The molecule has 1 unspecified atom stereocenters. The number of nitrogens with two attached hydrogens (primary N) is 1. The molecule has 1 amide bonds. The molecule has 7 nitrogen and oxygen atoms in total. The van der Waals surface area contributed by atoms with Crippen LogP contribution in [0.2, 0.25) is 0 Å². The van der Waals surface area contributed by atoms with Crippen LogP contribution in [0.3, 0.4) is 0 Å². The van der Waals surface area contributed by atoms with Crippen LogP contribution in [0.5, 0.6) is 0 Å². The Balaban J connectivity index is 1.54. The Hall–Kier alpha value is -2.62. The van der Waals surface area contributed by atoms with Crippen LogP contribution in [-0.4, -0.2) is 35.7 Å². The second kappa shape index (κ2) is 8.14. The van der Waals surface area contributed by atoms with Gasteiger partial charge in [-0.05, 0) is 68.1 Å². The van der Waals surface area contributed by atoms with Crippen LogP contribution >= 0.6 is 11.8 Å². The average Bonchev–Trinajstić information content (AvgIpc) is 3.30. The first-order valence-corrected chi connectivity index (χ1v) is 12.4. The summed E-state index contributed by atoms with van der Waals surface area (Å²) in [5.74, 6) is 0.179. The van der Waals surface area contributed by atoms with Crippen molar-refractivity contribution in [3.63, 3.8) is 0 Å². The first-order valence-electron chi connectivity index (χ1n) is 9.86. The molecule has 2 aromatic carbocycles. The van der Waals surface area contributed by atoms with Crippen LogP contribution in [0.1, 0.15) is 23.6 Å². The Morgan fingerprint density at radius 3 is 2.71 bits per heavy atom. The molecule has 31 heavy (non-hydrogen) atoms. The van der Waals surface area contributed by atoms with Gasteiger partial charge < -0.3 is 4.90 Å². The fraction of sp³-hybridized carbons (Fsp3) is 0.273. The summed E-state index contributed by atoms with van der Waals surface area (Å²) >= 11 is 1.39. The molecule has 1 aliphatic heterocycles. The van der Waals surface area contributed by atoms with Crippen molar-refractivity contribution < 1.29 is 13.2 Å². The number of rotatable bonds is 5. The first kappa shape index (κ1) is 21.6. The van der Waals surface area contributed by atoms with Crippen molar-refractivity contribution in [2.45, 2.75) is 43.3 Å². The topological polar surface area (TPSA) is 98.3 Å². The maximum Gasteiger partial charge on any atom is 0.238 e. The molecule has 4 rings (SSSR count). The lowest BCUT2D eigenvalue weighted by Gasteiger charge is -2.22. The normalized spacial score (nSPS) is 15.9. The smallest absolute Gasteiger partial charge is 0.238 e. The number of primary sulfonamides is 1. The zero-order valence-electron chi connectivity index (χ0n) is 17.6. The zero-order valence-corrected chi connectivity index (χ0v) is 19.2. The van der Waals surface area contributed by atoms with E-state index in [9.17, 15) is 13.2 Å². The van der Waals surface area contributed by atoms with Gasteiger partial charge in [0.15, 0.2) is 5.16 Å². The van der Waals surface area contributed by atoms with Gasteiger partial charge in [0.25, 0.3) is 0 Å². The number of sulfonamides is 1. The quantitative estimate of drug-likeness (QED) is 0.595. The monoisotopic (exact) mass is 456 g/mol. The van der Waals surface area contributed by atoms with Crippen LogP contribution < -0.4 is 10.0 Å². The predicted octanol–water partition coefficient (Wildman–Crippen LogP) is 3.21. The Bertz CT molecular complexity index is 1270. The highest BCUT2D eigenvalue weighted by Gasteiger charge is 2.31. The molecule has 1 aromatic heterocycles. The van der Waals surface area contributed by atoms with E-state index < -0.39 is 10.0 Å². The SMILES string of the molecule is Cc1ccc(C)c(-n2ccnc2SCC(=O)N2c3ccc(S(N)(=O)=O)cc3CC2C)c1. The Morgan fingerprint density at radius 2 is 1.97 bits per heavy atom. The maximum absolute atomic E-state index is 13.1. The van der Waals surface area contributed by atoms with E-state index in [1.807, 2.05) is 31.5 Å². The molecule has 0 saturated heterocycles. The highest BCUT2D eigenvalue weighted by atomic mass is 32.2. The number of aromatic nitrogens is 2. The van der Waals surface area contributed by atoms with E-state index in [0.29, 0.717) is 6.42 Å². The molecule has 1 aliphatic rings. The minimum absolute atomic E-state index is 0.0462. The number of aryl methyl sites for hydroxylation is 2. The van der Waals surface area contributed by atoms with E-state index in [0.717, 1.165) is 33.2 Å². The summed E-state index contributed by atoms with van der Waals surface area (Å²) in [7, 11) is -3.78. The zero-order chi connectivity index (χ0) is 22.3. The summed E-state index contributed by atoms with van der Waals surface area (Å²) < 4.78 is 25.3. The first-order chi connectivity index (χ1) is 14.6. The lowest BCUT2D eigenvalue weighted by Crippen LogP contribution is -2.37. The van der Waals surface area contributed by atoms with Crippen LogP contribution in [0, 0.1) is 13.8 Å². The Morgan fingerprint density at radius 1 is 1.19 bits per heavy atom. The number of imidazole rings is 1. The van der Waals surface area contributed by atoms with Crippen LogP contribution in [-0.2, 0) is 21.2 Å². The lowest BCUT2D eigenvalue weighted by molar-refractivity contribution is -0.116. The fourth-order valence-corrected chi connectivity index (χ4v) is 5.31. The second-order valence-electron chi connectivity index (χ2n) is 7.81. The number of carbonyl (C=O) groups excluding carboxylic acids is 1. The molecule has 0 fully saturated rings. The van der Waals surface area contributed by atoms with E-state index >= 15 is 0 Å². The summed E-state index contributed by atoms with van der Waals surface area (Å²) in [5.41, 5.74) is 4.88. The van der Waals surface area contributed by atoms with Gasteiger partial charge in [0.2, 0.25) is 15.9 Å². The third kappa shape index (κ3) is 4.26. The number of thioether (sulfide) groups is 1. The van der Waals surface area contributed by atoms with Crippen molar-refractivity contribution in [3.8, 4) is 5.69 Å². The third-order valence-corrected chi connectivity index (χ3v) is 7.28. The molecule has 0 saturated carbocycles. The predicted molar refractivity (Wildman–Crippen MR) is 122 cm³/mol. The van der Waals surface area contributed by atoms with Gasteiger partial charge in [0.1, 0.15) is 0 Å². The molecule has 162 valence electrons. The Labute approximate surface area is 186 Å². The van der Waals surface area contributed by atoms with Gasteiger partial charge in [-0.15, -0.1) is 0 Å². The summed E-state index contributed by atoms with van der Waals surface area (Å²) in [6.07, 6.45) is 4.22.